The van der Waals surface area contributed by atoms with E-state index in [1.807, 2.05) is 48.5 Å². The number of aromatic amines is 1. The van der Waals surface area contributed by atoms with Crippen LogP contribution in [0.5, 0.6) is 5.75 Å². The van der Waals surface area contributed by atoms with E-state index in [4.69, 9.17) is 9.72 Å². The van der Waals surface area contributed by atoms with Crippen LogP contribution in [-0.2, 0) is 5.41 Å². The van der Waals surface area contributed by atoms with E-state index in [1.54, 1.807) is 25.3 Å². The Hall–Kier alpha value is -4.91. The van der Waals surface area contributed by atoms with Gasteiger partial charge in [0.1, 0.15) is 11.6 Å². The van der Waals surface area contributed by atoms with Gasteiger partial charge in [-0.25, -0.2) is 9.78 Å². The van der Waals surface area contributed by atoms with Gasteiger partial charge in [0.2, 0.25) is 0 Å². The lowest BCUT2D eigenvalue weighted by Gasteiger charge is -2.19. The molecule has 0 aliphatic carbocycles. The minimum absolute atomic E-state index is 0.0139. The van der Waals surface area contributed by atoms with Crippen molar-refractivity contribution in [3.8, 4) is 28.3 Å². The molecule has 220 valence electrons. The standard InChI is InChI=1S/C36H37N3O4/c1-6-10-30(22-11-8-7-9-12-22)39-34(40)23-13-16-26(29(19-23)35(41)42)28-21-25(43-5)15-17-27(28)33-37-31-18-14-24(36(2,3)4)20-32(31)38-33/h7-9,11-21,30H,6,10H2,1-5H3,(H,37,38)(H,39,40)(H,41,42)/t30-/m1/s1. The van der Waals surface area contributed by atoms with Crippen molar-refractivity contribution in [3.63, 3.8) is 0 Å². The molecule has 3 N–H and O–H groups in total. The number of aromatic carboxylic acids is 1. The number of H-pyrrole nitrogens is 1. The SMILES string of the molecule is CCC[C@@H](NC(=O)c1ccc(-c2cc(OC)ccc2-c2nc3cc(C(C)(C)C)ccc3[nH]2)c(C(=O)O)c1)c1ccccc1. The maximum atomic E-state index is 13.4. The molecule has 0 unspecified atom stereocenters. The van der Waals surface area contributed by atoms with Gasteiger partial charge in [-0.05, 0) is 76.6 Å². The van der Waals surface area contributed by atoms with Gasteiger partial charge in [0.15, 0.2) is 0 Å². The van der Waals surface area contributed by atoms with Crippen LogP contribution in [0.1, 0.15) is 78.4 Å². The molecule has 1 heterocycles. The second kappa shape index (κ2) is 12.1. The monoisotopic (exact) mass is 575 g/mol. The van der Waals surface area contributed by atoms with Crippen molar-refractivity contribution in [2.24, 2.45) is 0 Å². The molecule has 0 bridgehead atoms. The predicted molar refractivity (Wildman–Crippen MR) is 171 cm³/mol. The molecule has 1 aromatic heterocycles. The number of ether oxygens (including phenoxy) is 1. The fraction of sp³-hybridized carbons (Fsp3) is 0.250. The van der Waals surface area contributed by atoms with E-state index >= 15 is 0 Å². The summed E-state index contributed by atoms with van der Waals surface area (Å²) in [6.45, 7) is 8.54. The van der Waals surface area contributed by atoms with Gasteiger partial charge in [0, 0.05) is 11.1 Å². The lowest BCUT2D eigenvalue weighted by molar-refractivity contribution is 0.0697. The highest BCUT2D eigenvalue weighted by molar-refractivity contribution is 6.03. The van der Waals surface area contributed by atoms with E-state index in [0.717, 1.165) is 35.0 Å². The predicted octanol–water partition coefficient (Wildman–Crippen LogP) is 8.17. The summed E-state index contributed by atoms with van der Waals surface area (Å²) >= 11 is 0. The van der Waals surface area contributed by atoms with Crippen molar-refractivity contribution >= 4 is 22.9 Å². The third-order valence-electron chi connectivity index (χ3n) is 7.72. The molecule has 0 saturated carbocycles. The van der Waals surface area contributed by atoms with E-state index in [9.17, 15) is 14.7 Å². The molecule has 5 rings (SSSR count). The summed E-state index contributed by atoms with van der Waals surface area (Å²) < 4.78 is 5.51. The van der Waals surface area contributed by atoms with E-state index in [-0.39, 0.29) is 28.5 Å². The third kappa shape index (κ3) is 6.31. The van der Waals surface area contributed by atoms with Crippen molar-refractivity contribution < 1.29 is 19.4 Å². The zero-order valence-corrected chi connectivity index (χ0v) is 25.2. The lowest BCUT2D eigenvalue weighted by Crippen LogP contribution is -2.28. The van der Waals surface area contributed by atoms with Crippen LogP contribution in [-0.4, -0.2) is 34.1 Å². The molecular formula is C36H37N3O4. The van der Waals surface area contributed by atoms with Crippen LogP contribution >= 0.6 is 0 Å². The first-order valence-electron chi connectivity index (χ1n) is 14.5. The minimum Gasteiger partial charge on any atom is -0.497 e. The van der Waals surface area contributed by atoms with Crippen LogP contribution in [0.2, 0.25) is 0 Å². The number of hydrogen-bond acceptors (Lipinski definition) is 4. The average molecular weight is 576 g/mol. The zero-order chi connectivity index (χ0) is 30.7. The Labute approximate surface area is 252 Å². The van der Waals surface area contributed by atoms with Crippen molar-refractivity contribution in [1.82, 2.24) is 15.3 Å². The van der Waals surface area contributed by atoms with Gasteiger partial charge >= 0.3 is 5.97 Å². The van der Waals surface area contributed by atoms with Crippen LogP contribution < -0.4 is 10.1 Å². The molecule has 0 saturated heterocycles. The van der Waals surface area contributed by atoms with E-state index in [2.05, 4.69) is 50.1 Å². The maximum absolute atomic E-state index is 13.4. The number of carbonyl (C=O) groups excluding carboxylic acids is 1. The zero-order valence-electron chi connectivity index (χ0n) is 25.2. The molecule has 7 nitrogen and oxygen atoms in total. The quantitative estimate of drug-likeness (QED) is 0.164. The molecule has 0 fully saturated rings. The third-order valence-corrected chi connectivity index (χ3v) is 7.72. The van der Waals surface area contributed by atoms with Crippen LogP contribution in [0, 0.1) is 0 Å². The Morgan fingerprint density at radius 3 is 2.35 bits per heavy atom. The Morgan fingerprint density at radius 2 is 1.67 bits per heavy atom. The van der Waals surface area contributed by atoms with Crippen LogP contribution in [0.15, 0.2) is 84.9 Å². The molecule has 5 aromatic rings. The van der Waals surface area contributed by atoms with Gasteiger partial charge < -0.3 is 20.1 Å². The van der Waals surface area contributed by atoms with Crippen molar-refractivity contribution in [2.45, 2.75) is 52.0 Å². The number of fused-ring (bicyclic) bond motifs is 1. The van der Waals surface area contributed by atoms with Crippen LogP contribution in [0.25, 0.3) is 33.5 Å². The first-order valence-corrected chi connectivity index (χ1v) is 14.5. The van der Waals surface area contributed by atoms with Crippen molar-refractivity contribution in [2.75, 3.05) is 7.11 Å². The van der Waals surface area contributed by atoms with E-state index in [0.29, 0.717) is 22.7 Å². The van der Waals surface area contributed by atoms with Gasteiger partial charge in [-0.2, -0.15) is 0 Å². The smallest absolute Gasteiger partial charge is 0.336 e. The van der Waals surface area contributed by atoms with Gasteiger partial charge in [0.05, 0.1) is 29.7 Å². The molecule has 1 amide bonds. The minimum atomic E-state index is -1.13. The number of nitrogens with zero attached hydrogens (tertiary/aromatic N) is 1. The molecule has 0 aliphatic rings. The van der Waals surface area contributed by atoms with Gasteiger partial charge in [-0.3, -0.25) is 4.79 Å². The van der Waals surface area contributed by atoms with Crippen LogP contribution in [0.4, 0.5) is 0 Å². The number of hydrogen-bond donors (Lipinski definition) is 3. The number of rotatable bonds is 9. The van der Waals surface area contributed by atoms with E-state index in [1.165, 1.54) is 11.6 Å². The normalized spacial score (nSPS) is 12.2. The fourth-order valence-corrected chi connectivity index (χ4v) is 5.31. The summed E-state index contributed by atoms with van der Waals surface area (Å²) in [6, 6.07) is 26.1. The Kier molecular flexibility index (Phi) is 8.35. The first-order chi connectivity index (χ1) is 20.6. The Morgan fingerprint density at radius 1 is 0.930 bits per heavy atom. The molecule has 43 heavy (non-hydrogen) atoms. The summed E-state index contributed by atoms with van der Waals surface area (Å²) in [7, 11) is 1.57. The molecular weight excluding hydrogens is 538 g/mol. The maximum Gasteiger partial charge on any atom is 0.336 e. The summed E-state index contributed by atoms with van der Waals surface area (Å²) in [5.74, 6) is -0.268. The Balaban J connectivity index is 1.56. The number of imidazole rings is 1. The second-order valence-corrected chi connectivity index (χ2v) is 11.8. The number of methoxy groups -OCH3 is 1. The average Bonchev–Trinajstić information content (AvgIpc) is 3.43. The summed E-state index contributed by atoms with van der Waals surface area (Å²) in [6.07, 6.45) is 1.65. The number of nitrogens with one attached hydrogen (secondary N) is 2. The van der Waals surface area contributed by atoms with E-state index < -0.39 is 5.97 Å². The number of carbonyl (C=O) groups is 2. The summed E-state index contributed by atoms with van der Waals surface area (Å²) in [5.41, 5.74) is 5.97. The van der Waals surface area contributed by atoms with Crippen molar-refractivity contribution in [1.29, 1.82) is 0 Å². The Bertz CT molecular complexity index is 1780. The fourth-order valence-electron chi connectivity index (χ4n) is 5.31. The topological polar surface area (TPSA) is 104 Å². The number of carboxylic acid groups (broad SMARTS) is 1. The van der Waals surface area contributed by atoms with Crippen molar-refractivity contribution in [3.05, 3.63) is 107 Å². The highest BCUT2D eigenvalue weighted by atomic mass is 16.5. The first kappa shape index (κ1) is 29.6. The molecule has 0 spiro atoms. The molecule has 1 atom stereocenters. The molecule has 4 aromatic carbocycles. The number of benzene rings is 4. The largest absolute Gasteiger partial charge is 0.497 e. The second-order valence-electron chi connectivity index (χ2n) is 11.8. The highest BCUT2D eigenvalue weighted by Crippen LogP contribution is 2.37. The summed E-state index contributed by atoms with van der Waals surface area (Å²) in [5, 5.41) is 13.4. The number of aromatic nitrogens is 2. The summed E-state index contributed by atoms with van der Waals surface area (Å²) in [4.78, 5) is 34.3. The number of carboxylic acids is 1. The molecule has 7 heteroatoms. The number of amides is 1. The molecule has 0 aliphatic heterocycles. The lowest BCUT2D eigenvalue weighted by atomic mass is 9.87. The molecule has 0 radical (unpaired) electrons. The van der Waals surface area contributed by atoms with Gasteiger partial charge in [-0.1, -0.05) is 76.6 Å². The van der Waals surface area contributed by atoms with Gasteiger partial charge in [-0.15, -0.1) is 0 Å². The highest BCUT2D eigenvalue weighted by Gasteiger charge is 2.22. The van der Waals surface area contributed by atoms with Crippen LogP contribution in [0.3, 0.4) is 0 Å². The van der Waals surface area contributed by atoms with Gasteiger partial charge in [0.25, 0.3) is 5.91 Å².